The number of hydrogen-bond donors (Lipinski definition) is 1. The number of aliphatic hydroxyl groups excluding tert-OH is 1. The number of carbonyl (C=O) groups excluding carboxylic acids is 2. The van der Waals surface area contributed by atoms with Gasteiger partial charge < -0.3 is 28.8 Å². The molecule has 10 heteroatoms. The van der Waals surface area contributed by atoms with Crippen molar-refractivity contribution in [3.8, 4) is 0 Å². The Morgan fingerprint density at radius 2 is 1.61 bits per heavy atom. The first kappa shape index (κ1) is 23.8. The van der Waals surface area contributed by atoms with Gasteiger partial charge in [-0.05, 0) is 24.9 Å². The summed E-state index contributed by atoms with van der Waals surface area (Å²) in [5.41, 5.74) is 0. The molecular formula is C18H30O8S2. The van der Waals surface area contributed by atoms with Gasteiger partial charge in [0.15, 0.2) is 12.2 Å². The third kappa shape index (κ3) is 8.08. The molecule has 0 spiro atoms. The fraction of sp³-hybridized carbons (Fsp3) is 0.889. The quantitative estimate of drug-likeness (QED) is 0.242. The summed E-state index contributed by atoms with van der Waals surface area (Å²) in [7, 11) is 0. The minimum atomic E-state index is -0.469. The Kier molecular flexibility index (Phi) is 11.6. The SMILES string of the molecule is CSCOCCCC(=O)O[C@H]1COC2C1OC[C@H]2OC(=O)CCCSCCO. The zero-order chi connectivity index (χ0) is 20.2. The van der Waals surface area contributed by atoms with Crippen LogP contribution in [0.1, 0.15) is 25.7 Å². The molecule has 2 saturated heterocycles. The number of ether oxygens (including phenoxy) is 5. The predicted octanol–water partition coefficient (Wildman–Crippen LogP) is 1.23. The van der Waals surface area contributed by atoms with Crippen molar-refractivity contribution in [1.29, 1.82) is 0 Å². The molecule has 0 radical (unpaired) electrons. The van der Waals surface area contributed by atoms with Crippen molar-refractivity contribution in [2.75, 3.05) is 50.1 Å². The van der Waals surface area contributed by atoms with Crippen molar-refractivity contribution in [3.05, 3.63) is 0 Å². The van der Waals surface area contributed by atoms with Crippen LogP contribution >= 0.6 is 23.5 Å². The third-order valence-corrected chi connectivity index (χ3v) is 5.76. The summed E-state index contributed by atoms with van der Waals surface area (Å²) >= 11 is 3.20. The molecule has 0 bridgehead atoms. The van der Waals surface area contributed by atoms with Gasteiger partial charge in [-0.1, -0.05) is 0 Å². The maximum Gasteiger partial charge on any atom is 0.306 e. The van der Waals surface area contributed by atoms with Crippen LogP contribution < -0.4 is 0 Å². The topological polar surface area (TPSA) is 101 Å². The van der Waals surface area contributed by atoms with Gasteiger partial charge >= 0.3 is 11.9 Å². The molecule has 162 valence electrons. The summed E-state index contributed by atoms with van der Waals surface area (Å²) in [6.07, 6.45) is 2.15. The lowest BCUT2D eigenvalue weighted by molar-refractivity contribution is -0.155. The number of esters is 2. The van der Waals surface area contributed by atoms with Crippen molar-refractivity contribution >= 4 is 35.5 Å². The normalized spacial score (nSPS) is 26.2. The molecule has 2 fully saturated rings. The summed E-state index contributed by atoms with van der Waals surface area (Å²) in [5, 5.41) is 8.72. The monoisotopic (exact) mass is 438 g/mol. The van der Waals surface area contributed by atoms with Crippen LogP contribution in [0.2, 0.25) is 0 Å². The molecule has 0 amide bonds. The standard InChI is InChI=1S/C18H30O8S2/c1-27-12-22-7-2-4-15(20)25-13-10-23-18-14(11-24-17(13)18)26-16(21)5-3-8-28-9-6-19/h13-14,17-19H,2-12H2,1H3/t13-,14+,17?,18?/m0/s1. The minimum Gasteiger partial charge on any atom is -0.457 e. The van der Waals surface area contributed by atoms with Crippen LogP contribution in [0.4, 0.5) is 0 Å². The lowest BCUT2D eigenvalue weighted by Gasteiger charge is -2.17. The number of thioether (sulfide) groups is 2. The third-order valence-electron chi connectivity index (χ3n) is 4.30. The van der Waals surface area contributed by atoms with Gasteiger partial charge in [0.2, 0.25) is 0 Å². The van der Waals surface area contributed by atoms with Crippen molar-refractivity contribution in [1.82, 2.24) is 0 Å². The van der Waals surface area contributed by atoms with Gasteiger partial charge in [-0.2, -0.15) is 11.8 Å². The van der Waals surface area contributed by atoms with Gasteiger partial charge in [0.05, 0.1) is 25.8 Å². The minimum absolute atomic E-state index is 0.145. The molecule has 0 aromatic rings. The Morgan fingerprint density at radius 3 is 2.18 bits per heavy atom. The molecule has 2 aliphatic rings. The van der Waals surface area contributed by atoms with E-state index in [1.807, 2.05) is 6.26 Å². The molecular weight excluding hydrogens is 408 g/mol. The summed E-state index contributed by atoms with van der Waals surface area (Å²) < 4.78 is 27.6. The second-order valence-electron chi connectivity index (χ2n) is 6.51. The second-order valence-corrected chi connectivity index (χ2v) is 8.55. The lowest BCUT2D eigenvalue weighted by Crippen LogP contribution is -2.36. The van der Waals surface area contributed by atoms with E-state index in [4.69, 9.17) is 28.8 Å². The number of aliphatic hydroxyl groups is 1. The van der Waals surface area contributed by atoms with E-state index < -0.39 is 24.4 Å². The van der Waals surface area contributed by atoms with E-state index in [0.29, 0.717) is 37.6 Å². The van der Waals surface area contributed by atoms with E-state index in [1.165, 1.54) is 0 Å². The highest BCUT2D eigenvalue weighted by Gasteiger charge is 2.51. The zero-order valence-electron chi connectivity index (χ0n) is 16.2. The highest BCUT2D eigenvalue weighted by Crippen LogP contribution is 2.31. The van der Waals surface area contributed by atoms with Gasteiger partial charge in [0.1, 0.15) is 12.2 Å². The molecule has 0 saturated carbocycles. The Balaban J connectivity index is 1.63. The Labute approximate surface area is 174 Å². The first-order chi connectivity index (χ1) is 13.7. The molecule has 0 aromatic heterocycles. The maximum absolute atomic E-state index is 12.0. The van der Waals surface area contributed by atoms with Crippen molar-refractivity contribution in [2.45, 2.75) is 50.1 Å². The molecule has 2 aliphatic heterocycles. The van der Waals surface area contributed by atoms with Crippen LogP contribution in [0.15, 0.2) is 0 Å². The summed E-state index contributed by atoms with van der Waals surface area (Å²) in [6, 6.07) is 0. The smallest absolute Gasteiger partial charge is 0.306 e. The molecule has 2 heterocycles. The average Bonchev–Trinajstić information content (AvgIpc) is 3.25. The van der Waals surface area contributed by atoms with Gasteiger partial charge in [-0.15, -0.1) is 11.8 Å². The number of hydrogen-bond acceptors (Lipinski definition) is 10. The van der Waals surface area contributed by atoms with E-state index in [2.05, 4.69) is 0 Å². The molecule has 0 aliphatic carbocycles. The zero-order valence-corrected chi connectivity index (χ0v) is 17.8. The van der Waals surface area contributed by atoms with Gasteiger partial charge in [0.25, 0.3) is 0 Å². The van der Waals surface area contributed by atoms with E-state index >= 15 is 0 Å². The Morgan fingerprint density at radius 1 is 1.00 bits per heavy atom. The van der Waals surface area contributed by atoms with Gasteiger partial charge in [-0.3, -0.25) is 9.59 Å². The molecule has 1 N–H and O–H groups in total. The van der Waals surface area contributed by atoms with Crippen molar-refractivity contribution < 1.29 is 38.4 Å². The van der Waals surface area contributed by atoms with Crippen molar-refractivity contribution in [2.24, 2.45) is 0 Å². The highest BCUT2D eigenvalue weighted by molar-refractivity contribution is 7.99. The lowest BCUT2D eigenvalue weighted by atomic mass is 10.1. The van der Waals surface area contributed by atoms with Crippen LogP contribution in [0.5, 0.6) is 0 Å². The predicted molar refractivity (Wildman–Crippen MR) is 106 cm³/mol. The van der Waals surface area contributed by atoms with Gasteiger partial charge in [-0.25, -0.2) is 0 Å². The number of carbonyl (C=O) groups is 2. The molecule has 2 rings (SSSR count). The second kappa shape index (κ2) is 13.7. The van der Waals surface area contributed by atoms with Crippen LogP contribution in [0.3, 0.4) is 0 Å². The molecule has 8 nitrogen and oxygen atoms in total. The van der Waals surface area contributed by atoms with Crippen LogP contribution in [-0.2, 0) is 33.3 Å². The Hall–Kier alpha value is -0.520. The molecule has 2 unspecified atom stereocenters. The maximum atomic E-state index is 12.0. The van der Waals surface area contributed by atoms with E-state index in [-0.39, 0.29) is 38.2 Å². The summed E-state index contributed by atoms with van der Waals surface area (Å²) in [6.45, 7) is 1.16. The van der Waals surface area contributed by atoms with Crippen LogP contribution in [0, 0.1) is 0 Å². The van der Waals surface area contributed by atoms with E-state index in [1.54, 1.807) is 23.5 Å². The Bertz CT molecular complexity index is 437. The van der Waals surface area contributed by atoms with Crippen LogP contribution in [-0.4, -0.2) is 91.6 Å². The fourth-order valence-electron chi connectivity index (χ4n) is 3.03. The average molecular weight is 439 g/mol. The highest BCUT2D eigenvalue weighted by atomic mass is 32.2. The molecule has 0 aromatic carbocycles. The first-order valence-electron chi connectivity index (χ1n) is 9.53. The summed E-state index contributed by atoms with van der Waals surface area (Å²) in [5.74, 6) is 1.51. The molecule has 28 heavy (non-hydrogen) atoms. The summed E-state index contributed by atoms with van der Waals surface area (Å²) in [4.78, 5) is 24.0. The number of fused-ring (bicyclic) bond motifs is 1. The first-order valence-corrected chi connectivity index (χ1v) is 12.1. The van der Waals surface area contributed by atoms with Crippen LogP contribution in [0.25, 0.3) is 0 Å². The molecule has 4 atom stereocenters. The van der Waals surface area contributed by atoms with E-state index in [0.717, 1.165) is 5.75 Å². The van der Waals surface area contributed by atoms with E-state index in [9.17, 15) is 9.59 Å². The fourth-order valence-corrected chi connectivity index (χ4v) is 4.00. The number of rotatable bonds is 14. The largest absolute Gasteiger partial charge is 0.457 e. The van der Waals surface area contributed by atoms with Crippen molar-refractivity contribution in [3.63, 3.8) is 0 Å². The van der Waals surface area contributed by atoms with Gasteiger partial charge in [0, 0.05) is 25.2 Å².